The molecule has 0 unspecified atom stereocenters. The number of nitrogens with zero attached hydrogens (tertiary/aromatic N) is 2. The van der Waals surface area contributed by atoms with Crippen molar-refractivity contribution in [2.75, 3.05) is 26.2 Å². The standard InChI is InChI=1S/C29H40N6O3/c1-21(36)14-15-27(37)33-19-24-16-18-35(28(38)26(34-24)13-8-17-32-29(30)31)20-25(22-9-4-2-5-10-22)23-11-6-3-7-12-23/h2-7,9-12,24-26,34H,8,13-20H2,1H3,(H,33,37)(H4,30,31,32)/t24-,26-/m0/s1. The van der Waals surface area contributed by atoms with Crippen molar-refractivity contribution in [2.24, 2.45) is 16.5 Å². The fourth-order valence-electron chi connectivity index (χ4n) is 4.74. The quantitative estimate of drug-likeness (QED) is 0.181. The molecule has 0 aliphatic carbocycles. The van der Waals surface area contributed by atoms with Gasteiger partial charge in [0.2, 0.25) is 11.8 Å². The summed E-state index contributed by atoms with van der Waals surface area (Å²) >= 11 is 0. The van der Waals surface area contributed by atoms with E-state index in [1.54, 1.807) is 0 Å². The van der Waals surface area contributed by atoms with Crippen LogP contribution in [0.3, 0.4) is 0 Å². The van der Waals surface area contributed by atoms with Crippen LogP contribution < -0.4 is 22.1 Å². The molecule has 3 rings (SSSR count). The van der Waals surface area contributed by atoms with Gasteiger partial charge in [-0.05, 0) is 37.3 Å². The largest absolute Gasteiger partial charge is 0.370 e. The molecule has 1 aliphatic heterocycles. The monoisotopic (exact) mass is 520 g/mol. The molecule has 1 saturated heterocycles. The van der Waals surface area contributed by atoms with Crippen LogP contribution in [0.5, 0.6) is 0 Å². The molecule has 38 heavy (non-hydrogen) atoms. The number of ketones is 1. The number of guanidine groups is 1. The Morgan fingerprint density at radius 3 is 2.26 bits per heavy atom. The molecule has 9 nitrogen and oxygen atoms in total. The number of Topliss-reactive ketones (excluding diaryl/α,β-unsaturated/α-hetero) is 1. The maximum atomic E-state index is 13.8. The van der Waals surface area contributed by atoms with Crippen LogP contribution in [0.4, 0.5) is 0 Å². The van der Waals surface area contributed by atoms with Crippen molar-refractivity contribution in [2.45, 2.75) is 57.0 Å². The summed E-state index contributed by atoms with van der Waals surface area (Å²) in [6.45, 7) is 3.43. The van der Waals surface area contributed by atoms with E-state index < -0.39 is 6.04 Å². The third kappa shape index (κ3) is 9.30. The second-order valence-electron chi connectivity index (χ2n) is 9.82. The molecule has 0 radical (unpaired) electrons. The number of rotatable bonds is 13. The molecule has 2 atom stereocenters. The van der Waals surface area contributed by atoms with Crippen LogP contribution in [0.1, 0.15) is 56.1 Å². The summed E-state index contributed by atoms with van der Waals surface area (Å²) in [6, 6.07) is 20.0. The van der Waals surface area contributed by atoms with Crippen LogP contribution in [0.15, 0.2) is 65.7 Å². The third-order valence-corrected chi connectivity index (χ3v) is 6.80. The van der Waals surface area contributed by atoms with E-state index in [0.29, 0.717) is 45.4 Å². The highest BCUT2D eigenvalue weighted by molar-refractivity contribution is 5.84. The molecule has 2 amide bonds. The Morgan fingerprint density at radius 1 is 1.05 bits per heavy atom. The minimum absolute atomic E-state index is 0.0128. The zero-order chi connectivity index (χ0) is 27.3. The molecular formula is C29H40N6O3. The first-order valence-electron chi connectivity index (χ1n) is 13.3. The van der Waals surface area contributed by atoms with Crippen LogP contribution in [-0.2, 0) is 14.4 Å². The molecule has 0 saturated carbocycles. The highest BCUT2D eigenvalue weighted by Crippen LogP contribution is 2.27. The predicted octanol–water partition coefficient (Wildman–Crippen LogP) is 1.92. The Hall–Kier alpha value is -3.72. The summed E-state index contributed by atoms with van der Waals surface area (Å²) in [4.78, 5) is 43.2. The number of benzene rings is 2. The number of nitrogens with one attached hydrogen (secondary N) is 2. The number of hydrogen-bond acceptors (Lipinski definition) is 5. The lowest BCUT2D eigenvalue weighted by molar-refractivity contribution is -0.133. The van der Waals surface area contributed by atoms with Gasteiger partial charge in [0.05, 0.1) is 6.04 Å². The smallest absolute Gasteiger partial charge is 0.239 e. The summed E-state index contributed by atoms with van der Waals surface area (Å²) in [5.41, 5.74) is 13.2. The van der Waals surface area contributed by atoms with Gasteiger partial charge in [0.25, 0.3) is 0 Å². The molecule has 2 aromatic rings. The Bertz CT molecular complexity index is 1030. The zero-order valence-corrected chi connectivity index (χ0v) is 22.1. The van der Waals surface area contributed by atoms with Crippen molar-refractivity contribution in [1.29, 1.82) is 0 Å². The van der Waals surface area contributed by atoms with Crippen LogP contribution in [-0.4, -0.2) is 66.7 Å². The van der Waals surface area contributed by atoms with Crippen molar-refractivity contribution in [3.05, 3.63) is 71.8 Å². The van der Waals surface area contributed by atoms with Crippen LogP contribution >= 0.6 is 0 Å². The molecule has 1 fully saturated rings. The molecule has 0 spiro atoms. The number of hydrogen-bond donors (Lipinski definition) is 4. The number of amides is 2. The lowest BCUT2D eigenvalue weighted by Gasteiger charge is -2.29. The van der Waals surface area contributed by atoms with Crippen molar-refractivity contribution in [3.63, 3.8) is 0 Å². The van der Waals surface area contributed by atoms with Gasteiger partial charge in [-0.25, -0.2) is 0 Å². The lowest BCUT2D eigenvalue weighted by Crippen LogP contribution is -2.49. The van der Waals surface area contributed by atoms with E-state index >= 15 is 0 Å². The van der Waals surface area contributed by atoms with Crippen molar-refractivity contribution in [1.82, 2.24) is 15.5 Å². The number of carbonyl (C=O) groups excluding carboxylic acids is 3. The molecule has 0 aromatic heterocycles. The van der Waals surface area contributed by atoms with Gasteiger partial charge in [-0.15, -0.1) is 0 Å². The average molecular weight is 521 g/mol. The van der Waals surface area contributed by atoms with Crippen molar-refractivity contribution < 1.29 is 14.4 Å². The summed E-state index contributed by atoms with van der Waals surface area (Å²) < 4.78 is 0. The van der Waals surface area contributed by atoms with E-state index in [4.69, 9.17) is 11.5 Å². The maximum absolute atomic E-state index is 13.8. The van der Waals surface area contributed by atoms with Gasteiger partial charge in [-0.2, -0.15) is 0 Å². The normalized spacial score (nSPS) is 17.6. The number of nitrogens with two attached hydrogens (primary N) is 2. The second kappa shape index (κ2) is 14.9. The third-order valence-electron chi connectivity index (χ3n) is 6.80. The second-order valence-corrected chi connectivity index (χ2v) is 9.82. The first kappa shape index (κ1) is 28.8. The molecule has 9 heteroatoms. The van der Waals surface area contributed by atoms with E-state index in [2.05, 4.69) is 39.9 Å². The molecule has 0 bridgehead atoms. The fourth-order valence-corrected chi connectivity index (χ4v) is 4.74. The van der Waals surface area contributed by atoms with Crippen LogP contribution in [0, 0.1) is 0 Å². The minimum atomic E-state index is -0.419. The fraction of sp³-hybridized carbons (Fsp3) is 0.448. The first-order valence-corrected chi connectivity index (χ1v) is 13.3. The van der Waals surface area contributed by atoms with Crippen LogP contribution in [0.2, 0.25) is 0 Å². The molecular weight excluding hydrogens is 480 g/mol. The first-order chi connectivity index (χ1) is 18.3. The van der Waals surface area contributed by atoms with Gasteiger partial charge in [-0.1, -0.05) is 60.7 Å². The molecule has 1 aliphatic rings. The molecule has 6 N–H and O–H groups in total. The molecule has 204 valence electrons. The van der Waals surface area contributed by atoms with E-state index in [0.717, 1.165) is 11.1 Å². The van der Waals surface area contributed by atoms with Gasteiger partial charge in [0.15, 0.2) is 5.96 Å². The highest BCUT2D eigenvalue weighted by Gasteiger charge is 2.32. The zero-order valence-electron chi connectivity index (χ0n) is 22.1. The average Bonchev–Trinajstić information content (AvgIpc) is 3.06. The van der Waals surface area contributed by atoms with E-state index in [1.165, 1.54) is 6.92 Å². The predicted molar refractivity (Wildman–Crippen MR) is 149 cm³/mol. The minimum Gasteiger partial charge on any atom is -0.370 e. The summed E-state index contributed by atoms with van der Waals surface area (Å²) in [5, 5.41) is 6.40. The van der Waals surface area contributed by atoms with Crippen LogP contribution in [0.25, 0.3) is 0 Å². The number of aliphatic imine (C=N–C) groups is 1. The maximum Gasteiger partial charge on any atom is 0.239 e. The van der Waals surface area contributed by atoms with Gasteiger partial charge in [0.1, 0.15) is 5.78 Å². The Kier molecular flexibility index (Phi) is 11.3. The van der Waals surface area contributed by atoms with Gasteiger partial charge in [-0.3, -0.25) is 14.6 Å². The van der Waals surface area contributed by atoms with E-state index in [-0.39, 0.29) is 48.4 Å². The Balaban J connectivity index is 1.75. The summed E-state index contributed by atoms with van der Waals surface area (Å²) in [7, 11) is 0. The summed E-state index contributed by atoms with van der Waals surface area (Å²) in [5.74, 6) is -0.0666. The topological polar surface area (TPSA) is 143 Å². The molecule has 2 aromatic carbocycles. The molecule has 1 heterocycles. The highest BCUT2D eigenvalue weighted by atomic mass is 16.2. The lowest BCUT2D eigenvalue weighted by atomic mass is 9.90. The van der Waals surface area contributed by atoms with Gasteiger partial charge < -0.3 is 31.8 Å². The van der Waals surface area contributed by atoms with E-state index in [1.807, 2.05) is 41.3 Å². The number of carbonyl (C=O) groups is 3. The van der Waals surface area contributed by atoms with Gasteiger partial charge in [0, 0.05) is 51.0 Å². The van der Waals surface area contributed by atoms with Crippen molar-refractivity contribution >= 4 is 23.6 Å². The Labute approximate surface area is 225 Å². The SMILES string of the molecule is CC(=O)CCC(=O)NC[C@@H]1CCN(CC(c2ccccc2)c2ccccc2)C(=O)[C@H](CCCN=C(N)N)N1. The van der Waals surface area contributed by atoms with E-state index in [9.17, 15) is 14.4 Å². The Morgan fingerprint density at radius 2 is 1.68 bits per heavy atom. The van der Waals surface area contributed by atoms with Crippen molar-refractivity contribution in [3.8, 4) is 0 Å². The van der Waals surface area contributed by atoms with Gasteiger partial charge >= 0.3 is 0 Å². The summed E-state index contributed by atoms with van der Waals surface area (Å²) in [6.07, 6.45) is 2.31.